The highest BCUT2D eigenvalue weighted by atomic mass is 32.2. The molecule has 2 amide bonds. The van der Waals surface area contributed by atoms with Gasteiger partial charge in [-0.2, -0.15) is 0 Å². The third kappa shape index (κ3) is 5.51. The molecule has 0 bridgehead atoms. The van der Waals surface area contributed by atoms with Crippen molar-refractivity contribution in [2.45, 2.75) is 93.6 Å². The second-order valence-electron chi connectivity index (χ2n) is 11.1. The third-order valence-electron chi connectivity index (χ3n) is 8.42. The van der Waals surface area contributed by atoms with Crippen LogP contribution >= 0.6 is 11.8 Å². The predicted molar refractivity (Wildman–Crippen MR) is 146 cm³/mol. The number of aliphatic hydroxyl groups is 1. The molecule has 206 valence electrons. The van der Waals surface area contributed by atoms with Crippen molar-refractivity contribution in [3.8, 4) is 0 Å². The number of rotatable bonds is 10. The lowest BCUT2D eigenvalue weighted by atomic mass is 9.74. The summed E-state index contributed by atoms with van der Waals surface area (Å²) in [5.41, 5.74) is 0. The second kappa shape index (κ2) is 12.4. The number of fused-ring (bicyclic) bond motifs is 2. The van der Waals surface area contributed by atoms with E-state index in [-0.39, 0.29) is 24.4 Å². The molecule has 4 aliphatic heterocycles. The molecule has 4 rings (SSSR count). The van der Waals surface area contributed by atoms with Crippen molar-refractivity contribution in [1.29, 1.82) is 0 Å². The Balaban J connectivity index is 1.71. The smallest absolute Gasteiger partial charge is 0.311 e. The normalized spacial score (nSPS) is 34.6. The highest BCUT2D eigenvalue weighted by Gasteiger charge is 2.73. The fourth-order valence-corrected chi connectivity index (χ4v) is 8.74. The number of esters is 1. The standard InChI is InChI=1S/C29H44N2O5S/c1-3-4-10-17-30-18-14-16-29-22(23-27(35)36-21-13-8-5-9-15-28(23,2)37-29)25(33)31(24(29)26(30)34)19-11-6-7-12-20-32/h9,14-16,22-24,32H,3-8,10-13,17-21H2,1-2H3/b15-9-/t22-,23-,24?,28+,29-/m0/s1. The average Bonchev–Trinajstić information content (AvgIpc) is 3.20. The second-order valence-corrected chi connectivity index (χ2v) is 12.9. The predicted octanol–water partition coefficient (Wildman–Crippen LogP) is 4.10. The minimum atomic E-state index is -0.796. The molecule has 4 heterocycles. The van der Waals surface area contributed by atoms with Gasteiger partial charge in [0.2, 0.25) is 11.8 Å². The molecule has 2 saturated heterocycles. The zero-order chi connectivity index (χ0) is 26.5. The van der Waals surface area contributed by atoms with E-state index in [0.29, 0.717) is 26.2 Å². The molecule has 2 fully saturated rings. The largest absolute Gasteiger partial charge is 0.465 e. The number of hydrogen-bond acceptors (Lipinski definition) is 6. The van der Waals surface area contributed by atoms with Gasteiger partial charge in [0, 0.05) is 31.0 Å². The number of thioether (sulfide) groups is 1. The molecule has 1 spiro atoms. The Labute approximate surface area is 226 Å². The maximum Gasteiger partial charge on any atom is 0.311 e. The zero-order valence-corrected chi connectivity index (χ0v) is 23.3. The molecule has 0 saturated carbocycles. The maximum atomic E-state index is 14.2. The molecular weight excluding hydrogens is 488 g/mol. The van der Waals surface area contributed by atoms with Gasteiger partial charge in [-0.25, -0.2) is 0 Å². The fraction of sp³-hybridized carbons (Fsp3) is 0.759. The van der Waals surface area contributed by atoms with Gasteiger partial charge in [-0.15, -0.1) is 11.8 Å². The molecule has 0 aromatic heterocycles. The Morgan fingerprint density at radius 2 is 1.76 bits per heavy atom. The van der Waals surface area contributed by atoms with Gasteiger partial charge < -0.3 is 19.6 Å². The number of likely N-dealkylation sites (tertiary alicyclic amines) is 1. The van der Waals surface area contributed by atoms with Crippen LogP contribution in [0.4, 0.5) is 0 Å². The summed E-state index contributed by atoms with van der Waals surface area (Å²) in [6.45, 7) is 6.44. The number of amides is 2. The first-order valence-electron chi connectivity index (χ1n) is 14.3. The summed E-state index contributed by atoms with van der Waals surface area (Å²) in [6, 6.07) is -0.621. The van der Waals surface area contributed by atoms with E-state index in [9.17, 15) is 14.4 Å². The monoisotopic (exact) mass is 532 g/mol. The summed E-state index contributed by atoms with van der Waals surface area (Å²) in [5.74, 6) is -1.67. The quantitative estimate of drug-likeness (QED) is 0.259. The molecule has 8 heteroatoms. The highest BCUT2D eigenvalue weighted by Crippen LogP contribution is 2.65. The molecule has 7 nitrogen and oxygen atoms in total. The first kappa shape index (κ1) is 28.2. The van der Waals surface area contributed by atoms with E-state index >= 15 is 0 Å². The van der Waals surface area contributed by atoms with Crippen molar-refractivity contribution in [2.75, 3.05) is 32.8 Å². The first-order chi connectivity index (χ1) is 17.9. The van der Waals surface area contributed by atoms with Crippen molar-refractivity contribution >= 4 is 29.5 Å². The Kier molecular flexibility index (Phi) is 9.43. The van der Waals surface area contributed by atoms with E-state index in [1.165, 1.54) is 0 Å². The number of carbonyl (C=O) groups excluding carboxylic acids is 3. The number of unbranched alkanes of at least 4 members (excludes halogenated alkanes) is 5. The SMILES string of the molecule is CCCCCN1CC=C[C@]23S[C@]4(C)/C=C\CCCCOC(=O)[C@@H]4[C@H]2C(=O)N(CCCCCCO)C3C1=O. The molecule has 1 unspecified atom stereocenters. The Hall–Kier alpha value is -1.80. The number of ether oxygens (including phenoxy) is 1. The Morgan fingerprint density at radius 1 is 0.973 bits per heavy atom. The maximum absolute atomic E-state index is 14.2. The minimum Gasteiger partial charge on any atom is -0.465 e. The van der Waals surface area contributed by atoms with Crippen molar-refractivity contribution in [1.82, 2.24) is 9.80 Å². The van der Waals surface area contributed by atoms with Crippen LogP contribution in [0.25, 0.3) is 0 Å². The van der Waals surface area contributed by atoms with Crippen LogP contribution in [0.15, 0.2) is 24.3 Å². The molecule has 0 aromatic rings. The van der Waals surface area contributed by atoms with Crippen molar-refractivity contribution in [3.05, 3.63) is 24.3 Å². The van der Waals surface area contributed by atoms with E-state index in [1.807, 2.05) is 11.8 Å². The van der Waals surface area contributed by atoms with Crippen LogP contribution in [0.5, 0.6) is 0 Å². The lowest BCUT2D eigenvalue weighted by Crippen LogP contribution is -2.53. The number of allylic oxidation sites excluding steroid dienone is 1. The van der Waals surface area contributed by atoms with Crippen molar-refractivity contribution in [2.24, 2.45) is 11.8 Å². The Morgan fingerprint density at radius 3 is 2.54 bits per heavy atom. The molecule has 0 aromatic carbocycles. The molecule has 0 aliphatic carbocycles. The van der Waals surface area contributed by atoms with E-state index in [2.05, 4.69) is 31.2 Å². The van der Waals surface area contributed by atoms with Crippen LogP contribution in [0.2, 0.25) is 0 Å². The summed E-state index contributed by atoms with van der Waals surface area (Å²) in [7, 11) is 0. The first-order valence-corrected chi connectivity index (χ1v) is 15.1. The van der Waals surface area contributed by atoms with Gasteiger partial charge in [0.05, 0.1) is 23.2 Å². The molecule has 37 heavy (non-hydrogen) atoms. The lowest BCUT2D eigenvalue weighted by Gasteiger charge is -2.37. The van der Waals surface area contributed by atoms with Crippen LogP contribution in [-0.2, 0) is 19.1 Å². The van der Waals surface area contributed by atoms with Crippen LogP contribution in [0, 0.1) is 11.8 Å². The summed E-state index contributed by atoms with van der Waals surface area (Å²) in [5, 5.41) is 9.13. The summed E-state index contributed by atoms with van der Waals surface area (Å²) < 4.78 is 4.32. The number of hydrogen-bond donors (Lipinski definition) is 1. The minimum absolute atomic E-state index is 0.00414. The van der Waals surface area contributed by atoms with Crippen LogP contribution in [-0.4, -0.2) is 81.1 Å². The molecule has 1 N–H and O–H groups in total. The third-order valence-corrected chi connectivity index (χ3v) is 10.2. The van der Waals surface area contributed by atoms with Crippen molar-refractivity contribution in [3.63, 3.8) is 0 Å². The summed E-state index contributed by atoms with van der Waals surface area (Å²) in [6.07, 6.45) is 17.4. The van der Waals surface area contributed by atoms with E-state index in [1.54, 1.807) is 16.7 Å². The molecular formula is C29H44N2O5S. The summed E-state index contributed by atoms with van der Waals surface area (Å²) in [4.78, 5) is 45.7. The highest BCUT2D eigenvalue weighted by molar-refractivity contribution is 8.02. The number of cyclic esters (lactones) is 1. The molecule has 4 aliphatic rings. The van der Waals surface area contributed by atoms with E-state index in [4.69, 9.17) is 9.84 Å². The van der Waals surface area contributed by atoms with Gasteiger partial charge in [0.25, 0.3) is 0 Å². The average molecular weight is 533 g/mol. The van der Waals surface area contributed by atoms with Gasteiger partial charge in [0.15, 0.2) is 0 Å². The topological polar surface area (TPSA) is 87.2 Å². The van der Waals surface area contributed by atoms with Gasteiger partial charge in [-0.05, 0) is 45.4 Å². The Bertz CT molecular complexity index is 907. The fourth-order valence-electron chi connectivity index (χ4n) is 6.59. The van der Waals surface area contributed by atoms with Gasteiger partial charge in [-0.1, -0.05) is 56.9 Å². The van der Waals surface area contributed by atoms with E-state index in [0.717, 1.165) is 64.2 Å². The van der Waals surface area contributed by atoms with Crippen LogP contribution < -0.4 is 0 Å². The van der Waals surface area contributed by atoms with Crippen molar-refractivity contribution < 1.29 is 24.2 Å². The number of aliphatic hydroxyl groups excluding tert-OH is 1. The number of nitrogens with zero attached hydrogens (tertiary/aromatic N) is 2. The van der Waals surface area contributed by atoms with Gasteiger partial charge in [0.1, 0.15) is 6.04 Å². The summed E-state index contributed by atoms with van der Waals surface area (Å²) >= 11 is 1.63. The van der Waals surface area contributed by atoms with Crippen LogP contribution in [0.1, 0.15) is 78.1 Å². The molecule has 0 radical (unpaired) electrons. The molecule has 5 atom stereocenters. The van der Waals surface area contributed by atoms with Gasteiger partial charge in [-0.3, -0.25) is 14.4 Å². The van der Waals surface area contributed by atoms with Gasteiger partial charge >= 0.3 is 5.97 Å². The number of carbonyl (C=O) groups is 3. The lowest BCUT2D eigenvalue weighted by molar-refractivity contribution is -0.154. The van der Waals surface area contributed by atoms with Crippen LogP contribution in [0.3, 0.4) is 0 Å². The zero-order valence-electron chi connectivity index (χ0n) is 22.5. The van der Waals surface area contributed by atoms with E-state index < -0.39 is 27.4 Å².